The van der Waals surface area contributed by atoms with Crippen molar-refractivity contribution in [3.8, 4) is 17.2 Å². The molecule has 1 fully saturated rings. The van der Waals surface area contributed by atoms with Gasteiger partial charge in [0.15, 0.2) is 11.5 Å². The molecule has 8 nitrogen and oxygen atoms in total. The number of azo groups is 1. The molecule has 10 heteroatoms. The van der Waals surface area contributed by atoms with Crippen LogP contribution in [0, 0.1) is 6.92 Å². The van der Waals surface area contributed by atoms with Crippen LogP contribution >= 0.6 is 23.4 Å². The van der Waals surface area contributed by atoms with Gasteiger partial charge in [-0.05, 0) is 72.8 Å². The molecule has 1 saturated heterocycles. The van der Waals surface area contributed by atoms with Crippen LogP contribution in [0.5, 0.6) is 17.2 Å². The summed E-state index contributed by atoms with van der Waals surface area (Å²) < 4.78 is 10.9. The molecule has 4 rings (SSSR count). The van der Waals surface area contributed by atoms with Gasteiger partial charge in [0.2, 0.25) is 0 Å². The number of imide groups is 1. The van der Waals surface area contributed by atoms with Gasteiger partial charge in [0.05, 0.1) is 29.9 Å². The first-order valence-corrected chi connectivity index (χ1v) is 12.1. The predicted molar refractivity (Wildman–Crippen MR) is 140 cm³/mol. The number of amides is 2. The Balaban J connectivity index is 1.45. The Morgan fingerprint density at radius 1 is 1.03 bits per heavy atom. The molecule has 184 valence electrons. The van der Waals surface area contributed by atoms with Gasteiger partial charge in [0, 0.05) is 10.6 Å². The number of aryl methyl sites for hydroxylation is 1. The Kier molecular flexibility index (Phi) is 7.92. The number of thioether (sulfide) groups is 1. The fraction of sp³-hybridized carbons (Fsp3) is 0.154. The topological polar surface area (TPSA) is 101 Å². The Bertz CT molecular complexity index is 1380. The molecule has 2 amide bonds. The SMILES string of the molecule is COc1ccccc1OCCN1C(=O)S/C(=C\c2cc(N=Nc3ccc(C)c(Cl)c3)ccc2O)C1=O. The molecule has 0 unspecified atom stereocenters. The van der Waals surface area contributed by atoms with Gasteiger partial charge in [-0.3, -0.25) is 14.5 Å². The fourth-order valence-corrected chi connectivity index (χ4v) is 4.33. The molecule has 1 aliphatic rings. The summed E-state index contributed by atoms with van der Waals surface area (Å²) in [5.74, 6) is 0.559. The quantitative estimate of drug-likeness (QED) is 0.255. The van der Waals surface area contributed by atoms with E-state index in [1.165, 1.54) is 19.3 Å². The number of ether oxygens (including phenoxy) is 2. The molecule has 0 atom stereocenters. The van der Waals surface area contributed by atoms with E-state index in [4.69, 9.17) is 21.1 Å². The van der Waals surface area contributed by atoms with Gasteiger partial charge in [-0.1, -0.05) is 29.8 Å². The molecule has 1 N–H and O–H groups in total. The zero-order valence-electron chi connectivity index (χ0n) is 19.5. The average molecular weight is 524 g/mol. The number of phenolic OH excluding ortho intramolecular Hbond substituents is 1. The minimum atomic E-state index is -0.464. The number of phenols is 1. The second kappa shape index (κ2) is 11.3. The van der Waals surface area contributed by atoms with Gasteiger partial charge in [-0.25, -0.2) is 0 Å². The third-order valence-electron chi connectivity index (χ3n) is 5.25. The van der Waals surface area contributed by atoms with Gasteiger partial charge < -0.3 is 14.6 Å². The van der Waals surface area contributed by atoms with Gasteiger partial charge in [0.1, 0.15) is 12.4 Å². The van der Waals surface area contributed by atoms with Crippen LogP contribution in [0.1, 0.15) is 11.1 Å². The van der Waals surface area contributed by atoms with E-state index in [0.29, 0.717) is 33.5 Å². The van der Waals surface area contributed by atoms with E-state index in [0.717, 1.165) is 22.2 Å². The van der Waals surface area contributed by atoms with Crippen LogP contribution in [0.3, 0.4) is 0 Å². The van der Waals surface area contributed by atoms with Crippen LogP contribution in [-0.2, 0) is 4.79 Å². The number of carbonyl (C=O) groups is 2. The highest BCUT2D eigenvalue weighted by Crippen LogP contribution is 2.35. The van der Waals surface area contributed by atoms with E-state index in [1.54, 1.807) is 42.5 Å². The smallest absolute Gasteiger partial charge is 0.293 e. The molecule has 0 spiro atoms. The summed E-state index contributed by atoms with van der Waals surface area (Å²) in [6.45, 7) is 2.07. The molecule has 36 heavy (non-hydrogen) atoms. The van der Waals surface area contributed by atoms with Crippen molar-refractivity contribution in [2.45, 2.75) is 6.92 Å². The normalized spacial score (nSPS) is 14.8. The minimum Gasteiger partial charge on any atom is -0.507 e. The summed E-state index contributed by atoms with van der Waals surface area (Å²) in [6, 6.07) is 17.1. The zero-order chi connectivity index (χ0) is 25.7. The number of benzene rings is 3. The predicted octanol–water partition coefficient (Wildman–Crippen LogP) is 6.89. The van der Waals surface area contributed by atoms with Crippen LogP contribution in [-0.4, -0.2) is 41.4 Å². The molecule has 0 aromatic heterocycles. The van der Waals surface area contributed by atoms with Gasteiger partial charge in [0.25, 0.3) is 11.1 Å². The van der Waals surface area contributed by atoms with Gasteiger partial charge in [-0.2, -0.15) is 10.2 Å². The fourth-order valence-electron chi connectivity index (χ4n) is 3.30. The summed E-state index contributed by atoms with van der Waals surface area (Å²) in [4.78, 5) is 26.6. The van der Waals surface area contributed by atoms with Gasteiger partial charge in [-0.15, -0.1) is 0 Å². The summed E-state index contributed by atoms with van der Waals surface area (Å²) >= 11 is 6.93. The van der Waals surface area contributed by atoms with E-state index in [1.807, 2.05) is 19.1 Å². The Hall–Kier alpha value is -3.82. The van der Waals surface area contributed by atoms with E-state index < -0.39 is 11.1 Å². The Morgan fingerprint density at radius 3 is 2.44 bits per heavy atom. The van der Waals surface area contributed by atoms with E-state index in [9.17, 15) is 14.7 Å². The third kappa shape index (κ3) is 5.87. The van der Waals surface area contributed by atoms with Crippen molar-refractivity contribution in [3.63, 3.8) is 0 Å². The lowest BCUT2D eigenvalue weighted by Crippen LogP contribution is -2.32. The zero-order valence-corrected chi connectivity index (χ0v) is 21.0. The van der Waals surface area contributed by atoms with Gasteiger partial charge >= 0.3 is 0 Å². The van der Waals surface area contributed by atoms with Crippen LogP contribution < -0.4 is 9.47 Å². The second-order valence-corrected chi connectivity index (χ2v) is 9.11. The van der Waals surface area contributed by atoms with Crippen molar-refractivity contribution in [2.75, 3.05) is 20.3 Å². The summed E-state index contributed by atoms with van der Waals surface area (Å²) in [5, 5.41) is 18.8. The number of para-hydroxylation sites is 2. The van der Waals surface area contributed by atoms with Crippen molar-refractivity contribution in [1.29, 1.82) is 0 Å². The van der Waals surface area contributed by atoms with Crippen LogP contribution in [0.25, 0.3) is 6.08 Å². The van der Waals surface area contributed by atoms with E-state index >= 15 is 0 Å². The number of hydrogen-bond donors (Lipinski definition) is 1. The summed E-state index contributed by atoms with van der Waals surface area (Å²) in [5.41, 5.74) is 2.31. The highest BCUT2D eigenvalue weighted by atomic mass is 35.5. The molecular weight excluding hydrogens is 502 g/mol. The molecule has 0 radical (unpaired) electrons. The molecule has 0 saturated carbocycles. The van der Waals surface area contributed by atoms with Crippen molar-refractivity contribution in [1.82, 2.24) is 4.90 Å². The lowest BCUT2D eigenvalue weighted by atomic mass is 10.1. The van der Waals surface area contributed by atoms with Crippen LogP contribution in [0.2, 0.25) is 5.02 Å². The lowest BCUT2D eigenvalue weighted by Gasteiger charge is -2.14. The number of rotatable bonds is 8. The number of carbonyl (C=O) groups excluding carboxylic acids is 2. The first-order valence-electron chi connectivity index (χ1n) is 10.9. The molecule has 0 aliphatic carbocycles. The lowest BCUT2D eigenvalue weighted by molar-refractivity contribution is -0.123. The first kappa shape index (κ1) is 25.3. The van der Waals surface area contributed by atoms with Crippen molar-refractivity contribution < 1.29 is 24.2 Å². The summed E-state index contributed by atoms with van der Waals surface area (Å²) in [6.07, 6.45) is 1.46. The number of aromatic hydroxyl groups is 1. The van der Waals surface area contributed by atoms with Crippen molar-refractivity contribution in [3.05, 3.63) is 81.7 Å². The van der Waals surface area contributed by atoms with Crippen LogP contribution in [0.4, 0.5) is 16.2 Å². The van der Waals surface area contributed by atoms with E-state index in [2.05, 4.69) is 10.2 Å². The van der Waals surface area contributed by atoms with E-state index in [-0.39, 0.29) is 23.8 Å². The molecular formula is C26H22ClN3O5S. The maximum absolute atomic E-state index is 12.9. The van der Waals surface area contributed by atoms with Crippen LogP contribution in [0.15, 0.2) is 75.8 Å². The Morgan fingerprint density at radius 2 is 1.72 bits per heavy atom. The summed E-state index contributed by atoms with van der Waals surface area (Å²) in [7, 11) is 1.54. The molecule has 3 aromatic rings. The molecule has 1 aliphatic heterocycles. The highest BCUT2D eigenvalue weighted by molar-refractivity contribution is 8.18. The van der Waals surface area contributed by atoms with Crippen molar-refractivity contribution >= 4 is 52.0 Å². The maximum Gasteiger partial charge on any atom is 0.293 e. The number of methoxy groups -OCH3 is 1. The average Bonchev–Trinajstić information content (AvgIpc) is 3.14. The largest absolute Gasteiger partial charge is 0.507 e. The second-order valence-electron chi connectivity index (χ2n) is 7.71. The minimum absolute atomic E-state index is 0.0568. The first-order chi connectivity index (χ1) is 17.4. The standard InChI is InChI=1S/C26H22ClN3O5S/c1-16-7-8-19(15-20(16)27)29-28-18-9-10-21(31)17(13-18)14-24-25(32)30(26(33)36-24)11-12-35-23-6-4-3-5-22(23)34-2/h3-10,13-15,31H,11-12H2,1-2H3/b24-14-,29-28?. The van der Waals surface area contributed by atoms with Crippen molar-refractivity contribution in [2.24, 2.45) is 10.2 Å². The molecule has 0 bridgehead atoms. The molecule has 3 aromatic carbocycles. The number of nitrogens with zero attached hydrogens (tertiary/aromatic N) is 3. The number of hydrogen-bond acceptors (Lipinski definition) is 8. The Labute approximate surface area is 217 Å². The maximum atomic E-state index is 12.9. The third-order valence-corrected chi connectivity index (χ3v) is 6.56. The highest BCUT2D eigenvalue weighted by Gasteiger charge is 2.35. The monoisotopic (exact) mass is 523 g/mol. The number of halogens is 1. The molecule has 1 heterocycles.